The highest BCUT2D eigenvalue weighted by Gasteiger charge is 2.52. The summed E-state index contributed by atoms with van der Waals surface area (Å²) < 4.78 is 17.5. The molecule has 0 spiro atoms. The Labute approximate surface area is 370 Å². The van der Waals surface area contributed by atoms with Crippen molar-refractivity contribution in [1.29, 1.82) is 0 Å². The summed E-state index contributed by atoms with van der Waals surface area (Å²) in [7, 11) is 4.27. The molecule has 5 amide bonds. The number of esters is 3. The number of thioether (sulfide) groups is 1. The number of nitrogens with zero attached hydrogens (tertiary/aromatic N) is 4. The maximum atomic E-state index is 14.5. The molecule has 3 aliphatic rings. The van der Waals surface area contributed by atoms with Crippen LogP contribution in [-0.4, -0.2) is 148 Å². The number of piperidine rings is 1. The fourth-order valence-electron chi connectivity index (χ4n) is 8.24. The Morgan fingerprint density at radius 1 is 0.629 bits per heavy atom. The summed E-state index contributed by atoms with van der Waals surface area (Å²) in [5.74, 6) is -5.93. The third-order valence-electron chi connectivity index (χ3n) is 11.7. The number of amides is 5. The van der Waals surface area contributed by atoms with Crippen molar-refractivity contribution >= 4 is 59.2 Å². The van der Waals surface area contributed by atoms with Gasteiger partial charge in [-0.25, -0.2) is 14.4 Å². The second kappa shape index (κ2) is 21.6. The molecule has 3 aliphatic heterocycles. The van der Waals surface area contributed by atoms with Crippen molar-refractivity contribution in [3.8, 4) is 0 Å². The highest BCUT2D eigenvalue weighted by Crippen LogP contribution is 2.41. The second-order valence-electron chi connectivity index (χ2n) is 18.3. The molecule has 1 aromatic rings. The molecule has 2 bridgehead atoms. The van der Waals surface area contributed by atoms with Crippen LogP contribution < -0.4 is 5.32 Å². The van der Waals surface area contributed by atoms with Gasteiger partial charge in [0.15, 0.2) is 18.3 Å². The van der Waals surface area contributed by atoms with Crippen LogP contribution in [0.3, 0.4) is 0 Å². The lowest BCUT2D eigenvalue weighted by Crippen LogP contribution is -2.62. The van der Waals surface area contributed by atoms with Gasteiger partial charge in [0.25, 0.3) is 17.7 Å². The Kier molecular flexibility index (Phi) is 17.4. The number of ether oxygens (including phenoxy) is 3. The van der Waals surface area contributed by atoms with Crippen LogP contribution >= 0.6 is 11.8 Å². The Balaban J connectivity index is 1.80. The number of cyclic esters (lactones) is 3. The summed E-state index contributed by atoms with van der Waals surface area (Å²) in [6.45, 7) is 15.9. The molecule has 62 heavy (non-hydrogen) atoms. The molecule has 1 aromatic carbocycles. The van der Waals surface area contributed by atoms with Crippen LogP contribution in [0.15, 0.2) is 30.3 Å². The van der Waals surface area contributed by atoms with E-state index >= 15 is 0 Å². The van der Waals surface area contributed by atoms with Crippen molar-refractivity contribution in [1.82, 2.24) is 24.9 Å². The van der Waals surface area contributed by atoms with E-state index in [2.05, 4.69) is 5.32 Å². The Bertz CT molecular complexity index is 1810. The number of hydrogen-bond donors (Lipinski definition) is 1. The van der Waals surface area contributed by atoms with Gasteiger partial charge in [-0.3, -0.25) is 24.0 Å². The molecule has 1 N–H and O–H groups in total. The predicted molar refractivity (Wildman–Crippen MR) is 232 cm³/mol. The first-order valence-electron chi connectivity index (χ1n) is 21.7. The van der Waals surface area contributed by atoms with Crippen molar-refractivity contribution < 1.29 is 52.6 Å². The van der Waals surface area contributed by atoms with E-state index < -0.39 is 96.0 Å². The Morgan fingerprint density at radius 3 is 1.61 bits per heavy atom. The van der Waals surface area contributed by atoms with Crippen molar-refractivity contribution in [2.24, 2.45) is 23.7 Å². The number of likely N-dealkylation sites (N-methyl/N-ethyl adjacent to an activating group) is 3. The normalized spacial score (nSPS) is 30.4. The summed E-state index contributed by atoms with van der Waals surface area (Å²) >= 11 is 1.45. The van der Waals surface area contributed by atoms with Crippen LogP contribution in [0.2, 0.25) is 0 Å². The minimum absolute atomic E-state index is 0.0629. The van der Waals surface area contributed by atoms with Gasteiger partial charge >= 0.3 is 17.9 Å². The molecule has 10 atom stereocenters. The summed E-state index contributed by atoms with van der Waals surface area (Å²) in [5, 5.41) is 2.38. The van der Waals surface area contributed by atoms with Crippen LogP contribution in [0.25, 0.3) is 0 Å². The zero-order chi connectivity index (χ0) is 46.3. The van der Waals surface area contributed by atoms with Crippen molar-refractivity contribution in [3.63, 3.8) is 0 Å². The molecular formula is C45H67N5O11S. The third-order valence-corrected chi connectivity index (χ3v) is 13.3. The number of benzene rings is 1. The summed E-state index contributed by atoms with van der Waals surface area (Å²) in [6.07, 6.45) is -3.55. The number of rotatable bonds is 8. The van der Waals surface area contributed by atoms with E-state index in [1.165, 1.54) is 61.5 Å². The molecule has 3 fully saturated rings. The number of fused-ring (bicyclic) bond motifs is 1. The summed E-state index contributed by atoms with van der Waals surface area (Å²) in [6, 6.07) is 3.34. The van der Waals surface area contributed by atoms with Gasteiger partial charge in [-0.2, -0.15) is 0 Å². The molecule has 0 saturated carbocycles. The molecule has 3 saturated heterocycles. The molecule has 0 aliphatic carbocycles. The van der Waals surface area contributed by atoms with Crippen molar-refractivity contribution in [3.05, 3.63) is 35.9 Å². The smallest absolute Gasteiger partial charge is 0.329 e. The van der Waals surface area contributed by atoms with Crippen LogP contribution in [0, 0.1) is 23.7 Å². The average Bonchev–Trinajstić information content (AvgIpc) is 3.67. The summed E-state index contributed by atoms with van der Waals surface area (Å²) in [5.41, 5.74) is 0.662. The fraction of sp³-hybridized carbons (Fsp3) is 0.689. The highest BCUT2D eigenvalue weighted by molar-refractivity contribution is 8.00. The zero-order valence-electron chi connectivity index (χ0n) is 38.3. The van der Waals surface area contributed by atoms with E-state index in [1.807, 2.05) is 48.5 Å². The first-order valence-corrected chi connectivity index (χ1v) is 22.8. The van der Waals surface area contributed by atoms with E-state index in [1.54, 1.807) is 30.3 Å². The third kappa shape index (κ3) is 12.1. The Morgan fingerprint density at radius 2 is 1.10 bits per heavy atom. The molecule has 0 radical (unpaired) electrons. The van der Waals surface area contributed by atoms with Crippen LogP contribution in [0.4, 0.5) is 0 Å². The molecule has 3 heterocycles. The fourth-order valence-corrected chi connectivity index (χ4v) is 9.77. The summed E-state index contributed by atoms with van der Waals surface area (Å²) in [4.78, 5) is 118. The molecule has 16 nitrogen and oxygen atoms in total. The number of nitrogens with one attached hydrogen (secondary N) is 1. The maximum Gasteiger partial charge on any atom is 0.329 e. The SMILES string of the molecule is CC(C)C[C@H]1C(=O)O[C@H](Cc2ccccc2)C(=O)N(C)[C@@H](CC(C)C)C(=O)O[C@H](C)C(=O)NC2CC(C)C3SC[C@@H](C(=O)N(C)[C@@H](CC(C)C)C(=O)O[C@H](C)C(=O)N1C)N3C2=O. The Hall–Kier alpha value is -4.67. The van der Waals surface area contributed by atoms with Gasteiger partial charge in [-0.1, -0.05) is 78.8 Å². The number of hydrogen-bond acceptors (Lipinski definition) is 12. The maximum absolute atomic E-state index is 14.5. The zero-order valence-corrected chi connectivity index (χ0v) is 39.1. The number of carbonyl (C=O) groups is 8. The van der Waals surface area contributed by atoms with Crippen molar-refractivity contribution in [2.75, 3.05) is 26.9 Å². The molecule has 344 valence electrons. The van der Waals surface area contributed by atoms with Gasteiger partial charge in [0, 0.05) is 33.3 Å². The quantitative estimate of drug-likeness (QED) is 0.297. The molecular weight excluding hydrogens is 819 g/mol. The second-order valence-corrected chi connectivity index (χ2v) is 19.5. The minimum atomic E-state index is -1.45. The highest BCUT2D eigenvalue weighted by atomic mass is 32.2. The van der Waals surface area contributed by atoms with E-state index in [-0.39, 0.29) is 66.9 Å². The van der Waals surface area contributed by atoms with Gasteiger partial charge in [-0.15, -0.1) is 11.8 Å². The molecule has 17 heteroatoms. The first kappa shape index (κ1) is 50.0. The van der Waals surface area contributed by atoms with Gasteiger partial charge in [0.1, 0.15) is 30.2 Å². The van der Waals surface area contributed by atoms with Crippen LogP contribution in [-0.2, 0) is 59.0 Å². The van der Waals surface area contributed by atoms with Gasteiger partial charge in [-0.05, 0) is 68.8 Å². The lowest BCUT2D eigenvalue weighted by Gasteiger charge is -2.42. The molecule has 3 unspecified atom stereocenters. The molecule has 4 rings (SSSR count). The van der Waals surface area contributed by atoms with E-state index in [0.717, 1.165) is 4.90 Å². The molecule has 0 aromatic heterocycles. The lowest BCUT2D eigenvalue weighted by molar-refractivity contribution is -0.173. The van der Waals surface area contributed by atoms with E-state index in [0.29, 0.717) is 5.56 Å². The topological polar surface area (TPSA) is 189 Å². The minimum Gasteiger partial charge on any atom is -0.451 e. The standard InChI is InChI=1S/C45H67N5O11S/c1-24(2)18-32-44(57)60-29(9)38(52)47(10)34(20-26(5)6)45(58)61-36(22-30-16-14-13-15-17-30)41(55)49(12)33(19-25(3)4)43(56)59-28(8)37(51)46-31-21-27(7)42-50(39(31)53)35(23-62-42)40(54)48(32)11/h13-17,24-29,31-36,42H,18-23H2,1-12H3,(H,46,51)/t27?,28-,29-,31?,32+,33+,34+,35+,36-,42?/m1/s1. The average molecular weight is 886 g/mol. The van der Waals surface area contributed by atoms with Gasteiger partial charge in [0.2, 0.25) is 11.8 Å². The van der Waals surface area contributed by atoms with Crippen LogP contribution in [0.1, 0.15) is 93.6 Å². The largest absolute Gasteiger partial charge is 0.451 e. The first-order chi connectivity index (χ1) is 29.0. The monoisotopic (exact) mass is 885 g/mol. The lowest BCUT2D eigenvalue weighted by atomic mass is 9.93. The van der Waals surface area contributed by atoms with Gasteiger partial charge in [0.05, 0.1) is 5.37 Å². The van der Waals surface area contributed by atoms with E-state index in [9.17, 15) is 38.4 Å². The van der Waals surface area contributed by atoms with Crippen molar-refractivity contribution in [2.45, 2.75) is 148 Å². The van der Waals surface area contributed by atoms with E-state index in [4.69, 9.17) is 14.2 Å². The van der Waals surface area contributed by atoms with Crippen LogP contribution in [0.5, 0.6) is 0 Å². The van der Waals surface area contributed by atoms with Gasteiger partial charge < -0.3 is 39.1 Å². The predicted octanol–water partition coefficient (Wildman–Crippen LogP) is 3.43. The number of carbonyl (C=O) groups excluding carboxylic acids is 8.